The molecule has 0 aliphatic carbocycles. The average Bonchev–Trinajstić information content (AvgIpc) is 2.67. The maximum Gasteiger partial charge on any atom is 0.260 e. The molecule has 27 heavy (non-hydrogen) atoms. The minimum atomic E-state index is -0.209. The number of benzene rings is 1. The van der Waals surface area contributed by atoms with Crippen molar-refractivity contribution in [2.24, 2.45) is 0 Å². The molecule has 6 heteroatoms. The topological polar surface area (TPSA) is 71.5 Å². The standard InChI is InChI=1S/C21H25N3O3/c1-15-4-3-5-16(2)24(15)20(25)14-27-19-8-6-17(7-9-19)21(26)23-18-10-12-22-13-11-18/h6-13,15-16H,3-5,14H2,1-2H3,(H,22,23,26)/t15-,16-/m0/s1. The minimum Gasteiger partial charge on any atom is -0.484 e. The third-order valence-corrected chi connectivity index (χ3v) is 4.90. The van der Waals surface area contributed by atoms with Crippen LogP contribution in [-0.4, -0.2) is 40.4 Å². The van der Waals surface area contributed by atoms with Crippen molar-refractivity contribution in [1.82, 2.24) is 9.88 Å². The van der Waals surface area contributed by atoms with Crippen LogP contribution >= 0.6 is 0 Å². The van der Waals surface area contributed by atoms with Crippen molar-refractivity contribution < 1.29 is 14.3 Å². The van der Waals surface area contributed by atoms with Gasteiger partial charge in [0.05, 0.1) is 0 Å². The number of aromatic nitrogens is 1. The number of likely N-dealkylation sites (tertiary alicyclic amines) is 1. The van der Waals surface area contributed by atoms with Crippen molar-refractivity contribution in [3.05, 3.63) is 54.4 Å². The lowest BCUT2D eigenvalue weighted by Crippen LogP contribution is -2.49. The summed E-state index contributed by atoms with van der Waals surface area (Å²) in [5.41, 5.74) is 1.20. The fourth-order valence-electron chi connectivity index (χ4n) is 3.47. The SMILES string of the molecule is C[C@H]1CCC[C@H](C)N1C(=O)COc1ccc(C(=O)Nc2ccncc2)cc1. The van der Waals surface area contributed by atoms with E-state index in [4.69, 9.17) is 4.74 Å². The first-order valence-corrected chi connectivity index (χ1v) is 9.30. The number of carbonyl (C=O) groups excluding carboxylic acids is 2. The Labute approximate surface area is 159 Å². The van der Waals surface area contributed by atoms with Crippen molar-refractivity contribution in [1.29, 1.82) is 0 Å². The summed E-state index contributed by atoms with van der Waals surface area (Å²) in [6.45, 7) is 4.19. The molecule has 6 nitrogen and oxygen atoms in total. The fraction of sp³-hybridized carbons (Fsp3) is 0.381. The van der Waals surface area contributed by atoms with E-state index in [1.54, 1.807) is 48.8 Å². The van der Waals surface area contributed by atoms with E-state index in [1.165, 1.54) is 0 Å². The Morgan fingerprint density at radius 3 is 2.33 bits per heavy atom. The highest BCUT2D eigenvalue weighted by Gasteiger charge is 2.28. The molecule has 1 fully saturated rings. The summed E-state index contributed by atoms with van der Waals surface area (Å²) >= 11 is 0. The van der Waals surface area contributed by atoms with E-state index in [0.717, 1.165) is 19.3 Å². The predicted molar refractivity (Wildman–Crippen MR) is 104 cm³/mol. The van der Waals surface area contributed by atoms with Crippen LogP contribution in [0.2, 0.25) is 0 Å². The number of rotatable bonds is 5. The van der Waals surface area contributed by atoms with Crippen LogP contribution in [0.25, 0.3) is 0 Å². The van der Waals surface area contributed by atoms with E-state index in [2.05, 4.69) is 24.1 Å². The molecule has 3 rings (SSSR count). The summed E-state index contributed by atoms with van der Waals surface area (Å²) in [7, 11) is 0. The zero-order chi connectivity index (χ0) is 19.2. The van der Waals surface area contributed by atoms with Gasteiger partial charge in [-0.15, -0.1) is 0 Å². The Balaban J connectivity index is 1.54. The summed E-state index contributed by atoms with van der Waals surface area (Å²) in [5, 5.41) is 2.80. The van der Waals surface area contributed by atoms with Gasteiger partial charge in [-0.25, -0.2) is 0 Å². The van der Waals surface area contributed by atoms with E-state index in [9.17, 15) is 9.59 Å². The second kappa shape index (κ2) is 8.66. The van der Waals surface area contributed by atoms with Crippen LogP contribution in [0.4, 0.5) is 5.69 Å². The van der Waals surface area contributed by atoms with Crippen LogP contribution in [0.15, 0.2) is 48.8 Å². The summed E-state index contributed by atoms with van der Waals surface area (Å²) < 4.78 is 5.64. The van der Waals surface area contributed by atoms with Gasteiger partial charge in [-0.2, -0.15) is 0 Å². The molecule has 0 bridgehead atoms. The van der Waals surface area contributed by atoms with E-state index >= 15 is 0 Å². The van der Waals surface area contributed by atoms with Crippen molar-refractivity contribution in [2.45, 2.75) is 45.2 Å². The maximum atomic E-state index is 12.5. The number of ether oxygens (including phenoxy) is 1. The third kappa shape index (κ3) is 4.84. The molecule has 1 saturated heterocycles. The second-order valence-corrected chi connectivity index (χ2v) is 6.93. The molecule has 1 aromatic carbocycles. The van der Waals surface area contributed by atoms with Gasteiger partial charge in [0, 0.05) is 35.7 Å². The molecule has 2 aromatic rings. The lowest BCUT2D eigenvalue weighted by molar-refractivity contribution is -0.139. The molecular weight excluding hydrogens is 342 g/mol. The number of hydrogen-bond donors (Lipinski definition) is 1. The van der Waals surface area contributed by atoms with Crippen LogP contribution in [0.3, 0.4) is 0 Å². The molecule has 0 radical (unpaired) electrons. The van der Waals surface area contributed by atoms with Gasteiger partial charge < -0.3 is 15.0 Å². The normalized spacial score (nSPS) is 19.4. The summed E-state index contributed by atoms with van der Waals surface area (Å²) in [4.78, 5) is 30.6. The number of hydrogen-bond acceptors (Lipinski definition) is 4. The maximum absolute atomic E-state index is 12.5. The number of nitrogens with zero attached hydrogens (tertiary/aromatic N) is 2. The van der Waals surface area contributed by atoms with Crippen molar-refractivity contribution in [3.8, 4) is 5.75 Å². The highest BCUT2D eigenvalue weighted by molar-refractivity contribution is 6.04. The van der Waals surface area contributed by atoms with Gasteiger partial charge in [-0.05, 0) is 69.5 Å². The van der Waals surface area contributed by atoms with Crippen LogP contribution < -0.4 is 10.1 Å². The number of piperidine rings is 1. The summed E-state index contributed by atoms with van der Waals surface area (Å²) in [6.07, 6.45) is 6.48. The van der Waals surface area contributed by atoms with E-state index < -0.39 is 0 Å². The summed E-state index contributed by atoms with van der Waals surface area (Å²) in [5.74, 6) is 0.370. The molecular formula is C21H25N3O3. The number of carbonyl (C=O) groups is 2. The Morgan fingerprint density at radius 2 is 1.70 bits per heavy atom. The molecule has 1 aromatic heterocycles. The van der Waals surface area contributed by atoms with Gasteiger partial charge in [0.25, 0.3) is 11.8 Å². The zero-order valence-electron chi connectivity index (χ0n) is 15.7. The molecule has 2 heterocycles. The number of amides is 2. The van der Waals surface area contributed by atoms with Crippen molar-refractivity contribution >= 4 is 17.5 Å². The first-order valence-electron chi connectivity index (χ1n) is 9.30. The lowest BCUT2D eigenvalue weighted by Gasteiger charge is -2.38. The van der Waals surface area contributed by atoms with E-state index in [0.29, 0.717) is 17.0 Å². The fourth-order valence-corrected chi connectivity index (χ4v) is 3.47. The Morgan fingerprint density at radius 1 is 1.07 bits per heavy atom. The van der Waals surface area contributed by atoms with Gasteiger partial charge in [0.1, 0.15) is 5.75 Å². The average molecular weight is 367 g/mol. The number of anilines is 1. The highest BCUT2D eigenvalue weighted by atomic mass is 16.5. The molecule has 0 spiro atoms. The minimum absolute atomic E-state index is 0.00852. The number of nitrogens with one attached hydrogen (secondary N) is 1. The second-order valence-electron chi connectivity index (χ2n) is 6.93. The van der Waals surface area contributed by atoms with E-state index in [1.807, 2.05) is 4.90 Å². The van der Waals surface area contributed by atoms with Gasteiger partial charge in [0.2, 0.25) is 0 Å². The smallest absolute Gasteiger partial charge is 0.260 e. The largest absolute Gasteiger partial charge is 0.484 e. The molecule has 2 atom stereocenters. The Kier molecular flexibility index (Phi) is 6.06. The van der Waals surface area contributed by atoms with Gasteiger partial charge in [-0.3, -0.25) is 14.6 Å². The molecule has 142 valence electrons. The van der Waals surface area contributed by atoms with Crippen LogP contribution in [0.5, 0.6) is 5.75 Å². The Hall–Kier alpha value is -2.89. The predicted octanol–water partition coefficient (Wildman–Crippen LogP) is 3.50. The third-order valence-electron chi connectivity index (χ3n) is 4.90. The molecule has 1 aliphatic rings. The highest BCUT2D eigenvalue weighted by Crippen LogP contribution is 2.23. The van der Waals surface area contributed by atoms with Gasteiger partial charge in [0.15, 0.2) is 6.61 Å². The molecule has 2 amide bonds. The van der Waals surface area contributed by atoms with Crippen LogP contribution in [-0.2, 0) is 4.79 Å². The van der Waals surface area contributed by atoms with Gasteiger partial charge in [-0.1, -0.05) is 0 Å². The first kappa shape index (κ1) is 18.9. The van der Waals surface area contributed by atoms with E-state index in [-0.39, 0.29) is 30.5 Å². The number of pyridine rings is 1. The zero-order valence-corrected chi connectivity index (χ0v) is 15.7. The van der Waals surface area contributed by atoms with Gasteiger partial charge >= 0.3 is 0 Å². The van der Waals surface area contributed by atoms with Crippen LogP contribution in [0.1, 0.15) is 43.5 Å². The Bertz CT molecular complexity index is 767. The van der Waals surface area contributed by atoms with Crippen molar-refractivity contribution in [3.63, 3.8) is 0 Å². The molecule has 1 aliphatic heterocycles. The van der Waals surface area contributed by atoms with Crippen LogP contribution in [0, 0.1) is 0 Å². The monoisotopic (exact) mass is 367 g/mol. The lowest BCUT2D eigenvalue weighted by atomic mass is 9.97. The first-order chi connectivity index (χ1) is 13.0. The molecule has 0 unspecified atom stereocenters. The molecule has 0 saturated carbocycles. The molecule has 1 N–H and O–H groups in total. The summed E-state index contributed by atoms with van der Waals surface area (Å²) in [6, 6.07) is 10.7. The van der Waals surface area contributed by atoms with Crippen molar-refractivity contribution in [2.75, 3.05) is 11.9 Å². The quantitative estimate of drug-likeness (QED) is 0.878.